The molecule has 17 heavy (non-hydrogen) atoms. The maximum absolute atomic E-state index is 5.95. The van der Waals surface area contributed by atoms with E-state index in [2.05, 4.69) is 40.3 Å². The fourth-order valence-electron chi connectivity index (χ4n) is 1.40. The molecule has 1 atom stereocenters. The molecule has 0 N–H and O–H groups in total. The van der Waals surface area contributed by atoms with Gasteiger partial charge in [-0.2, -0.15) is 12.6 Å². The van der Waals surface area contributed by atoms with Crippen molar-refractivity contribution in [1.29, 1.82) is 0 Å². The molecule has 0 aromatic carbocycles. The lowest BCUT2D eigenvalue weighted by atomic mass is 10.5. The summed E-state index contributed by atoms with van der Waals surface area (Å²) in [4.78, 5) is 0.0761. The summed E-state index contributed by atoms with van der Waals surface area (Å²) in [5, 5.41) is 0. The number of thiol groups is 1. The second kappa shape index (κ2) is 10.4. The quantitative estimate of drug-likeness (QED) is 0.464. The molecule has 0 amide bonds. The third kappa shape index (κ3) is 6.24. The Morgan fingerprint density at radius 3 is 1.41 bits per heavy atom. The molecule has 0 heterocycles. The van der Waals surface area contributed by atoms with Crippen molar-refractivity contribution in [3.8, 4) is 0 Å². The standard InChI is InChI=1S/C12H28O3SSi/c1-5-9-13-17(12(16)8-4,14-10-6-2)15-11-7-3/h12,16H,5-11H2,1-4H3. The van der Waals surface area contributed by atoms with Crippen LogP contribution in [0.25, 0.3) is 0 Å². The van der Waals surface area contributed by atoms with Gasteiger partial charge in [0.25, 0.3) is 0 Å². The lowest BCUT2D eigenvalue weighted by Gasteiger charge is -2.33. The first kappa shape index (κ1) is 17.4. The van der Waals surface area contributed by atoms with E-state index in [0.717, 1.165) is 25.7 Å². The van der Waals surface area contributed by atoms with Gasteiger partial charge in [-0.15, -0.1) is 0 Å². The van der Waals surface area contributed by atoms with E-state index in [1.807, 2.05) is 0 Å². The molecular formula is C12H28O3SSi. The highest BCUT2D eigenvalue weighted by Crippen LogP contribution is 2.23. The summed E-state index contributed by atoms with van der Waals surface area (Å²) in [6.07, 6.45) is 3.84. The molecule has 0 saturated heterocycles. The van der Waals surface area contributed by atoms with Gasteiger partial charge in [-0.3, -0.25) is 0 Å². The van der Waals surface area contributed by atoms with E-state index >= 15 is 0 Å². The Hall–Kier alpha value is 0.447. The van der Waals surface area contributed by atoms with Gasteiger partial charge in [-0.25, -0.2) is 0 Å². The van der Waals surface area contributed by atoms with Crippen LogP contribution in [0.1, 0.15) is 53.4 Å². The number of rotatable bonds is 11. The van der Waals surface area contributed by atoms with Crippen molar-refractivity contribution in [2.75, 3.05) is 19.8 Å². The van der Waals surface area contributed by atoms with Gasteiger partial charge >= 0.3 is 8.80 Å². The highest BCUT2D eigenvalue weighted by atomic mass is 32.1. The predicted molar refractivity (Wildman–Crippen MR) is 77.5 cm³/mol. The maximum atomic E-state index is 5.95. The van der Waals surface area contributed by atoms with Crippen LogP contribution in [0.4, 0.5) is 0 Å². The first-order valence-electron chi connectivity index (χ1n) is 6.76. The Bertz CT molecular complexity index is 159. The molecule has 104 valence electrons. The van der Waals surface area contributed by atoms with Gasteiger partial charge in [0.05, 0.1) is 4.87 Å². The third-order valence-corrected chi connectivity index (χ3v) is 6.67. The molecule has 0 fully saturated rings. The normalized spacial score (nSPS) is 13.9. The van der Waals surface area contributed by atoms with Crippen molar-refractivity contribution >= 4 is 21.4 Å². The van der Waals surface area contributed by atoms with Gasteiger partial charge in [0, 0.05) is 19.8 Å². The molecule has 0 bridgehead atoms. The third-order valence-electron chi connectivity index (χ3n) is 2.32. The van der Waals surface area contributed by atoms with E-state index in [0.29, 0.717) is 19.8 Å². The molecule has 3 nitrogen and oxygen atoms in total. The summed E-state index contributed by atoms with van der Waals surface area (Å²) < 4.78 is 17.9. The Balaban J connectivity index is 4.63. The molecule has 0 aliphatic rings. The minimum atomic E-state index is -2.60. The lowest BCUT2D eigenvalue weighted by Crippen LogP contribution is -2.54. The van der Waals surface area contributed by atoms with Crippen LogP contribution in [-0.4, -0.2) is 33.5 Å². The van der Waals surface area contributed by atoms with Crippen LogP contribution in [0.5, 0.6) is 0 Å². The van der Waals surface area contributed by atoms with Crippen LogP contribution >= 0.6 is 12.6 Å². The fraction of sp³-hybridized carbons (Fsp3) is 1.00. The molecule has 0 rings (SSSR count). The second-order valence-electron chi connectivity index (χ2n) is 4.07. The molecule has 0 spiro atoms. The number of hydrogen-bond donors (Lipinski definition) is 1. The molecule has 0 saturated carbocycles. The van der Waals surface area contributed by atoms with Crippen molar-refractivity contribution in [3.05, 3.63) is 0 Å². The average molecular weight is 281 g/mol. The SMILES string of the molecule is CCCO[Si](OCCC)(OCCC)C(S)CC. The minimum absolute atomic E-state index is 0.0761. The molecule has 0 aliphatic carbocycles. The van der Waals surface area contributed by atoms with Gasteiger partial charge in [0.2, 0.25) is 0 Å². The van der Waals surface area contributed by atoms with E-state index in [4.69, 9.17) is 13.3 Å². The molecule has 0 aliphatic heterocycles. The van der Waals surface area contributed by atoms with Crippen molar-refractivity contribution in [3.63, 3.8) is 0 Å². The molecule has 0 radical (unpaired) electrons. The van der Waals surface area contributed by atoms with E-state index < -0.39 is 8.80 Å². The van der Waals surface area contributed by atoms with E-state index in [9.17, 15) is 0 Å². The highest BCUT2D eigenvalue weighted by Gasteiger charge is 2.47. The lowest BCUT2D eigenvalue weighted by molar-refractivity contribution is 0.0574. The summed E-state index contributed by atoms with van der Waals surface area (Å²) in [6, 6.07) is 0. The van der Waals surface area contributed by atoms with Crippen molar-refractivity contribution in [2.45, 2.75) is 58.3 Å². The summed E-state index contributed by atoms with van der Waals surface area (Å²) in [5.41, 5.74) is 0. The van der Waals surface area contributed by atoms with E-state index in [-0.39, 0.29) is 4.87 Å². The molecular weight excluding hydrogens is 252 g/mol. The Morgan fingerprint density at radius 2 is 1.18 bits per heavy atom. The zero-order valence-electron chi connectivity index (χ0n) is 11.7. The molecule has 0 aromatic rings. The van der Waals surface area contributed by atoms with Crippen LogP contribution in [0.15, 0.2) is 0 Å². The molecule has 1 unspecified atom stereocenters. The Kier molecular flexibility index (Phi) is 10.6. The number of hydrogen-bond acceptors (Lipinski definition) is 4. The fourth-order valence-corrected chi connectivity index (χ4v) is 4.86. The average Bonchev–Trinajstić information content (AvgIpc) is 2.37. The minimum Gasteiger partial charge on any atom is -0.373 e. The largest absolute Gasteiger partial charge is 0.514 e. The zero-order valence-corrected chi connectivity index (χ0v) is 13.6. The topological polar surface area (TPSA) is 27.7 Å². The van der Waals surface area contributed by atoms with Gasteiger partial charge in [0.1, 0.15) is 0 Å². The summed E-state index contributed by atoms with van der Waals surface area (Å²) >= 11 is 4.62. The molecule has 5 heteroatoms. The van der Waals surface area contributed by atoms with Crippen molar-refractivity contribution < 1.29 is 13.3 Å². The van der Waals surface area contributed by atoms with Gasteiger partial charge in [-0.1, -0.05) is 27.7 Å². The van der Waals surface area contributed by atoms with Gasteiger partial charge in [-0.05, 0) is 25.7 Å². The molecule has 0 aromatic heterocycles. The monoisotopic (exact) mass is 280 g/mol. The first-order chi connectivity index (χ1) is 8.16. The summed E-state index contributed by atoms with van der Waals surface area (Å²) in [5.74, 6) is 0. The maximum Gasteiger partial charge on any atom is 0.514 e. The smallest absolute Gasteiger partial charge is 0.373 e. The van der Waals surface area contributed by atoms with Crippen LogP contribution in [-0.2, 0) is 13.3 Å². The van der Waals surface area contributed by atoms with Crippen LogP contribution < -0.4 is 0 Å². The van der Waals surface area contributed by atoms with Gasteiger partial charge < -0.3 is 13.3 Å². The Labute approximate surface area is 113 Å². The highest BCUT2D eigenvalue weighted by molar-refractivity contribution is 7.83. The van der Waals surface area contributed by atoms with Gasteiger partial charge in [0.15, 0.2) is 0 Å². The second-order valence-corrected chi connectivity index (χ2v) is 7.95. The van der Waals surface area contributed by atoms with E-state index in [1.54, 1.807) is 0 Å². The van der Waals surface area contributed by atoms with E-state index in [1.165, 1.54) is 0 Å². The summed E-state index contributed by atoms with van der Waals surface area (Å²) in [6.45, 7) is 10.5. The first-order valence-corrected chi connectivity index (χ1v) is 9.08. The van der Waals surface area contributed by atoms with Crippen LogP contribution in [0, 0.1) is 0 Å². The summed E-state index contributed by atoms with van der Waals surface area (Å²) in [7, 11) is -2.60. The van der Waals surface area contributed by atoms with Crippen LogP contribution in [0.3, 0.4) is 0 Å². The Morgan fingerprint density at radius 1 is 0.824 bits per heavy atom. The predicted octanol–water partition coefficient (Wildman–Crippen LogP) is 3.45. The van der Waals surface area contributed by atoms with Crippen LogP contribution in [0.2, 0.25) is 0 Å². The zero-order chi connectivity index (χ0) is 13.1. The van der Waals surface area contributed by atoms with Crippen molar-refractivity contribution in [2.24, 2.45) is 0 Å². The van der Waals surface area contributed by atoms with Crippen molar-refractivity contribution in [1.82, 2.24) is 0 Å².